The van der Waals surface area contributed by atoms with Crippen molar-refractivity contribution in [3.05, 3.63) is 337 Å². The lowest BCUT2D eigenvalue weighted by Gasteiger charge is -2.17. The summed E-state index contributed by atoms with van der Waals surface area (Å²) in [7, 11) is 0. The fourth-order valence-corrected chi connectivity index (χ4v) is 15.8. The summed E-state index contributed by atoms with van der Waals surface area (Å²) in [6.45, 7) is 11.0. The van der Waals surface area contributed by atoms with Gasteiger partial charge in [0.1, 0.15) is 69.9 Å². The summed E-state index contributed by atoms with van der Waals surface area (Å²) >= 11 is 0. The van der Waals surface area contributed by atoms with Crippen molar-refractivity contribution >= 4 is 43.6 Å². The normalized spacial score (nSPS) is 11.6. The fraction of sp³-hybridized carbons (Fsp3) is 0.0816. The van der Waals surface area contributed by atoms with E-state index in [0.717, 1.165) is 78.0 Å². The van der Waals surface area contributed by atoms with Gasteiger partial charge in [-0.15, -0.1) is 0 Å². The second kappa shape index (κ2) is 30.8. The van der Waals surface area contributed by atoms with Crippen molar-refractivity contribution in [2.24, 2.45) is 0 Å². The molecule has 0 saturated heterocycles. The van der Waals surface area contributed by atoms with E-state index in [0.29, 0.717) is 174 Å². The molecule has 20 rings (SSSR count). The van der Waals surface area contributed by atoms with Crippen LogP contribution >= 0.6 is 0 Å². The Hall–Kier alpha value is -16.0. The number of benzene rings is 12. The van der Waals surface area contributed by atoms with Crippen molar-refractivity contribution in [2.45, 2.75) is 54.4 Å². The highest BCUT2D eigenvalue weighted by molar-refractivity contribution is 6.13. The minimum Gasteiger partial charge on any atom is -0.308 e. The molecule has 0 saturated carbocycles. The first-order valence-corrected chi connectivity index (χ1v) is 39.4. The van der Waals surface area contributed by atoms with E-state index in [4.69, 9.17) is 79.7 Å². The van der Waals surface area contributed by atoms with Crippen LogP contribution in [0.2, 0.25) is 0 Å². The Balaban J connectivity index is 0.707. The van der Waals surface area contributed by atoms with Gasteiger partial charge < -0.3 is 9.13 Å². The lowest BCUT2D eigenvalue weighted by Crippen LogP contribution is -2.08. The smallest absolute Gasteiger partial charge is 0.166 e. The van der Waals surface area contributed by atoms with Crippen molar-refractivity contribution in [3.8, 4) is 148 Å². The summed E-state index contributed by atoms with van der Waals surface area (Å²) in [6.07, 6.45) is 0.602. The van der Waals surface area contributed by atoms with Crippen LogP contribution in [0.15, 0.2) is 267 Å². The number of hydrogen-bond acceptors (Lipinski definition) is 18. The number of hydrogen-bond donors (Lipinski definition) is 0. The largest absolute Gasteiger partial charge is 0.308 e. The van der Waals surface area contributed by atoms with Gasteiger partial charge in [-0.05, 0) is 150 Å². The topological polar surface area (TPSA) is 242 Å². The molecule has 0 atom stereocenters. The maximum atomic E-state index is 16.3. The molecule has 0 fully saturated rings. The van der Waals surface area contributed by atoms with Crippen LogP contribution in [-0.2, 0) is 12.8 Å². The summed E-state index contributed by atoms with van der Waals surface area (Å²) in [5.41, 5.74) is 12.4. The molecule has 122 heavy (non-hydrogen) atoms. The monoisotopic (exact) mass is 1600 g/mol. The van der Waals surface area contributed by atoms with E-state index in [1.54, 1.807) is 12.1 Å². The molecule has 0 N–H and O–H groups in total. The molecular formula is C98H66F4N20. The van der Waals surface area contributed by atoms with Crippen LogP contribution in [0.4, 0.5) is 17.6 Å². The zero-order chi connectivity index (χ0) is 83.0. The molecule has 586 valence electrons. The quantitative estimate of drug-likeness (QED) is 0.0769. The zero-order valence-corrected chi connectivity index (χ0v) is 66.3. The summed E-state index contributed by atoms with van der Waals surface area (Å²) in [5, 5.41) is 3.32. The lowest BCUT2D eigenvalue weighted by atomic mass is 10.0. The zero-order valence-electron chi connectivity index (χ0n) is 66.3. The summed E-state index contributed by atoms with van der Waals surface area (Å²) < 4.78 is 66.3. The Morgan fingerprint density at radius 1 is 0.205 bits per heavy atom. The SMILES string of the molecule is Cc1nc(C)nc(-c2ccc3c(c2)c2cc(-c4nc(C)nc(CCc5nc(C)nc(-c6ccc7c8ccc(-c9nc(C)nc(C)n9)cc8n(-c8cc(-c9ccc(F)cc9F)ccc8-c8nc(-c9ccccc9)nc(-c9ccccc9)n8)c7c6)n5)n4)ccc2n3-c2cc(-c3ccc(F)cc3F)ccc2-c2nc(-c3ccccc3)nc(-c3ccccc3)n2)n1. The van der Waals surface area contributed by atoms with E-state index >= 15 is 8.78 Å². The molecule has 0 aliphatic rings. The Labute approximate surface area is 694 Å². The molecule has 8 aromatic heterocycles. The van der Waals surface area contributed by atoms with Crippen LogP contribution in [-0.4, -0.2) is 98.8 Å². The average molecular weight is 1600 g/mol. The first-order valence-electron chi connectivity index (χ1n) is 39.4. The third-order valence-electron chi connectivity index (χ3n) is 21.3. The third kappa shape index (κ3) is 14.4. The molecule has 24 heteroatoms. The van der Waals surface area contributed by atoms with Crippen molar-refractivity contribution in [2.75, 3.05) is 0 Å². The van der Waals surface area contributed by atoms with Gasteiger partial charge in [-0.2, -0.15) is 0 Å². The molecule has 0 amide bonds. The van der Waals surface area contributed by atoms with Crippen LogP contribution in [0, 0.1) is 64.8 Å². The Morgan fingerprint density at radius 3 is 0.844 bits per heavy atom. The number of fused-ring (bicyclic) bond motifs is 6. The number of aryl methyl sites for hydroxylation is 8. The molecule has 20 aromatic rings. The van der Waals surface area contributed by atoms with Crippen LogP contribution in [0.5, 0.6) is 0 Å². The number of aromatic nitrogens is 20. The average Bonchev–Trinajstić information content (AvgIpc) is 1.54. The predicted octanol–water partition coefficient (Wildman–Crippen LogP) is 21.2. The van der Waals surface area contributed by atoms with Gasteiger partial charge in [0.05, 0.1) is 33.4 Å². The molecule has 0 radical (unpaired) electrons. The third-order valence-corrected chi connectivity index (χ3v) is 21.3. The maximum absolute atomic E-state index is 16.3. The van der Waals surface area contributed by atoms with Gasteiger partial charge in [-0.1, -0.05) is 158 Å². The molecule has 20 nitrogen and oxygen atoms in total. The number of rotatable bonds is 17. The Bertz CT molecular complexity index is 7450. The van der Waals surface area contributed by atoms with E-state index in [9.17, 15) is 8.78 Å². The highest BCUT2D eigenvalue weighted by atomic mass is 19.1. The Morgan fingerprint density at radius 2 is 0.492 bits per heavy atom. The number of halogens is 4. The van der Waals surface area contributed by atoms with Gasteiger partial charge in [0.25, 0.3) is 0 Å². The molecule has 0 bridgehead atoms. The second-order valence-corrected chi connectivity index (χ2v) is 29.6. The van der Waals surface area contributed by atoms with E-state index in [-0.39, 0.29) is 11.1 Å². The highest BCUT2D eigenvalue weighted by Crippen LogP contribution is 2.45. The van der Waals surface area contributed by atoms with Crippen molar-refractivity contribution in [1.29, 1.82) is 0 Å². The minimum atomic E-state index is -0.742. The number of nitrogens with zero attached hydrogens (tertiary/aromatic N) is 20. The fourth-order valence-electron chi connectivity index (χ4n) is 15.8. The molecule has 0 spiro atoms. The summed E-state index contributed by atoms with van der Waals surface area (Å²) in [5.74, 6) is 5.48. The van der Waals surface area contributed by atoms with Gasteiger partial charge in [-0.25, -0.2) is 107 Å². The molecular weight excluding hydrogens is 1530 g/mol. The van der Waals surface area contributed by atoms with Gasteiger partial charge in [-0.3, -0.25) is 0 Å². The standard InChI is InChI=1S/C98H66F4N20/c1-53-103-54(2)108-93(107-53)65-31-41-81-77(45-65)78-46-66(32-42-82(78)121(81)85-47-63(71-39-33-69(99)51-79(71)101)27-37-75(85)97-117-89(59-19-11-7-12-20-59)115-90(118-97)60-21-13-8-14-22-60)95-111-57(5)105-87(113-95)43-44-88-106-58(6)112-96(114-88)68-30-36-74-73-35-29-67(94-109-55(3)104-56(4)110-94)49-83(73)122(84(74)50-68)86-48-64(72-40-34-70(100)52-80(72)102)28-38-76(86)98-119-91(61-23-15-9-16-24-61)116-92(120-98)62-25-17-10-18-26-62/h7-42,45-52H,43-44H2,1-6H3. The van der Waals surface area contributed by atoms with Crippen LogP contribution < -0.4 is 0 Å². The van der Waals surface area contributed by atoms with E-state index in [1.165, 1.54) is 24.3 Å². The predicted molar refractivity (Wildman–Crippen MR) is 463 cm³/mol. The maximum Gasteiger partial charge on any atom is 0.166 e. The van der Waals surface area contributed by atoms with E-state index < -0.39 is 23.3 Å². The van der Waals surface area contributed by atoms with Gasteiger partial charge in [0, 0.05) is 113 Å². The van der Waals surface area contributed by atoms with Crippen molar-refractivity contribution in [3.63, 3.8) is 0 Å². The molecule has 0 aliphatic heterocycles. The lowest BCUT2D eigenvalue weighted by molar-refractivity contribution is 0.585. The van der Waals surface area contributed by atoms with E-state index in [2.05, 4.69) is 31.2 Å². The van der Waals surface area contributed by atoms with Gasteiger partial charge in [0.15, 0.2) is 58.2 Å². The molecule has 8 heterocycles. The first kappa shape index (κ1) is 74.8. The Kier molecular flexibility index (Phi) is 18.9. The van der Waals surface area contributed by atoms with Crippen molar-refractivity contribution < 1.29 is 17.6 Å². The van der Waals surface area contributed by atoms with Gasteiger partial charge in [0.2, 0.25) is 0 Å². The minimum absolute atomic E-state index is 0.175. The second-order valence-electron chi connectivity index (χ2n) is 29.6. The molecule has 12 aromatic carbocycles. The molecule has 0 unspecified atom stereocenters. The molecule has 0 aliphatic carbocycles. The van der Waals surface area contributed by atoms with E-state index in [1.807, 2.05) is 248 Å². The summed E-state index contributed by atoms with van der Waals surface area (Å²) in [6, 6.07) is 81.2. The van der Waals surface area contributed by atoms with Crippen LogP contribution in [0.25, 0.3) is 191 Å². The highest BCUT2D eigenvalue weighted by Gasteiger charge is 2.27. The van der Waals surface area contributed by atoms with Crippen molar-refractivity contribution in [1.82, 2.24) is 98.8 Å². The van der Waals surface area contributed by atoms with Crippen LogP contribution in [0.3, 0.4) is 0 Å². The summed E-state index contributed by atoms with van der Waals surface area (Å²) in [4.78, 5) is 89.3. The van der Waals surface area contributed by atoms with Crippen LogP contribution in [0.1, 0.15) is 46.6 Å². The first-order chi connectivity index (χ1) is 59.5. The van der Waals surface area contributed by atoms with Gasteiger partial charge >= 0.3 is 0 Å².